The van der Waals surface area contributed by atoms with Crippen molar-refractivity contribution in [3.05, 3.63) is 192 Å². The number of aromatic nitrogens is 2. The van der Waals surface area contributed by atoms with Crippen molar-refractivity contribution < 1.29 is 0 Å². The van der Waals surface area contributed by atoms with Crippen molar-refractivity contribution in [2.75, 3.05) is 4.90 Å². The minimum atomic E-state index is -0.113. The highest BCUT2D eigenvalue weighted by Crippen LogP contribution is 2.52. The van der Waals surface area contributed by atoms with E-state index in [9.17, 15) is 0 Å². The molecule has 0 unspecified atom stereocenters. The lowest BCUT2D eigenvalue weighted by molar-refractivity contribution is 0.589. The van der Waals surface area contributed by atoms with Crippen LogP contribution in [0.25, 0.3) is 71.9 Å². The van der Waals surface area contributed by atoms with Crippen LogP contribution in [0.2, 0.25) is 0 Å². The summed E-state index contributed by atoms with van der Waals surface area (Å²) in [5, 5.41) is 3.81. The summed E-state index contributed by atoms with van der Waals surface area (Å²) in [7, 11) is 0. The van der Waals surface area contributed by atoms with Crippen molar-refractivity contribution in [1.82, 2.24) is 9.05 Å². The fourth-order valence-electron chi connectivity index (χ4n) is 11.6. The van der Waals surface area contributed by atoms with Gasteiger partial charge in [-0.05, 0) is 138 Å². The van der Waals surface area contributed by atoms with Crippen LogP contribution in [0.15, 0.2) is 170 Å². The van der Waals surface area contributed by atoms with E-state index in [4.69, 9.17) is 0 Å². The number of benzene rings is 8. The molecule has 0 saturated heterocycles. The van der Waals surface area contributed by atoms with Crippen LogP contribution in [0.3, 0.4) is 0 Å². The Balaban J connectivity index is 1.25. The zero-order chi connectivity index (χ0) is 48.8. The molecule has 0 aliphatic carbocycles. The smallest absolute Gasteiger partial charge is 0.333 e. The van der Waals surface area contributed by atoms with E-state index in [1.54, 1.807) is 0 Å². The van der Waals surface area contributed by atoms with Gasteiger partial charge < -0.3 is 13.9 Å². The predicted octanol–water partition coefficient (Wildman–Crippen LogP) is 16.7. The molecule has 4 heteroatoms. The van der Waals surface area contributed by atoms with E-state index in [-0.39, 0.29) is 28.5 Å². The first-order valence-electron chi connectivity index (χ1n) is 25.4. The molecule has 2 aliphatic rings. The summed E-state index contributed by atoms with van der Waals surface area (Å²) in [6, 6.07) is 65.3. The summed E-state index contributed by atoms with van der Waals surface area (Å²) in [6.45, 7) is 28.1. The molecule has 70 heavy (non-hydrogen) atoms. The molecule has 0 N–H and O–H groups in total. The lowest BCUT2D eigenvalue weighted by Gasteiger charge is -2.42. The molecule has 3 nitrogen and oxygen atoms in total. The van der Waals surface area contributed by atoms with Gasteiger partial charge in [0.25, 0.3) is 0 Å². The quantitative estimate of drug-likeness (QED) is 0.160. The fraction of sp³-hybridized carbons (Fsp3) is 0.242. The van der Waals surface area contributed by atoms with Crippen LogP contribution in [-0.2, 0) is 21.7 Å². The molecule has 2 aromatic heterocycles. The molecule has 0 bridgehead atoms. The summed E-state index contributed by atoms with van der Waals surface area (Å²) in [5.41, 5.74) is 24.0. The van der Waals surface area contributed by atoms with Gasteiger partial charge in [-0.15, -0.1) is 0 Å². The average molecular weight is 910 g/mol. The first-order chi connectivity index (χ1) is 33.3. The summed E-state index contributed by atoms with van der Waals surface area (Å²) in [6.07, 6.45) is 0. The molecular formula is C66H64BN3. The maximum absolute atomic E-state index is 2.78. The molecule has 2 aliphatic heterocycles. The van der Waals surface area contributed by atoms with Crippen molar-refractivity contribution >= 4 is 67.5 Å². The highest BCUT2D eigenvalue weighted by Gasteiger charge is 2.45. The van der Waals surface area contributed by atoms with Crippen molar-refractivity contribution in [3.63, 3.8) is 0 Å². The molecule has 12 rings (SSSR count). The molecule has 346 valence electrons. The normalized spacial score (nSPS) is 13.7. The van der Waals surface area contributed by atoms with Gasteiger partial charge in [0.1, 0.15) is 0 Å². The number of fused-ring (bicyclic) bond motifs is 7. The Labute approximate surface area is 415 Å². The second-order valence-electron chi connectivity index (χ2n) is 24.3. The molecule has 0 atom stereocenters. The monoisotopic (exact) mass is 910 g/mol. The number of nitrogens with zero attached hydrogens (tertiary/aromatic N) is 3. The van der Waals surface area contributed by atoms with Gasteiger partial charge in [-0.25, -0.2) is 0 Å². The van der Waals surface area contributed by atoms with Gasteiger partial charge in [0, 0.05) is 61.2 Å². The lowest BCUT2D eigenvalue weighted by Crippen LogP contribution is -2.57. The largest absolute Gasteiger partial charge is 0.375 e. The van der Waals surface area contributed by atoms with Gasteiger partial charge >= 0.3 is 6.85 Å². The number of rotatable bonds is 4. The lowest BCUT2D eigenvalue weighted by atomic mass is 9.44. The van der Waals surface area contributed by atoms with Crippen molar-refractivity contribution in [1.29, 1.82) is 0 Å². The molecule has 0 amide bonds. The third kappa shape index (κ3) is 6.77. The molecule has 10 aromatic rings. The predicted molar refractivity (Wildman–Crippen MR) is 302 cm³/mol. The van der Waals surface area contributed by atoms with Crippen LogP contribution < -0.4 is 15.8 Å². The first kappa shape index (κ1) is 44.2. The van der Waals surface area contributed by atoms with Crippen LogP contribution in [-0.4, -0.2) is 15.9 Å². The number of hydrogen-bond donors (Lipinski definition) is 0. The summed E-state index contributed by atoms with van der Waals surface area (Å²) in [5.74, 6) is 0. The van der Waals surface area contributed by atoms with Gasteiger partial charge in [0.15, 0.2) is 0 Å². The second-order valence-corrected chi connectivity index (χ2v) is 24.3. The zero-order valence-electron chi connectivity index (χ0n) is 43.1. The van der Waals surface area contributed by atoms with Gasteiger partial charge in [-0.3, -0.25) is 0 Å². The maximum Gasteiger partial charge on any atom is 0.333 e. The third-order valence-corrected chi connectivity index (χ3v) is 15.5. The van der Waals surface area contributed by atoms with Crippen molar-refractivity contribution in [3.8, 4) is 39.2 Å². The summed E-state index contributed by atoms with van der Waals surface area (Å²) in [4.78, 5) is 2.59. The Morgan fingerprint density at radius 3 is 1.64 bits per heavy atom. The SMILES string of the molecule is CC(C)(C)c1ccc(N2c3ccc(C(C)(C)C)cc3B3c4c(cc(C(C)(C)C)cc42)-c2cc(C(C)(C)C)cc4c(-c5ccc6c(c5)c5ccccc5n6-c5ccccc5)c(-c5ccccc5)n3c24)cc1. The Morgan fingerprint density at radius 2 is 0.971 bits per heavy atom. The van der Waals surface area contributed by atoms with Crippen LogP contribution in [0.1, 0.15) is 105 Å². The summed E-state index contributed by atoms with van der Waals surface area (Å²) >= 11 is 0. The standard InChI is InChI=1S/C66H64BN3/c1-63(2,3)43-28-31-48(32-29-43)69-57-34-30-44(64(4,5)6)39-54(57)67-60-51(36-46(40-58(60)69)66(10,11)12)52-37-45(65(7,8)9)38-53-59(61(70(67)62(52)53)41-21-15-13-16-22-41)42-27-33-56-50(35-42)49-25-19-20-26-55(49)68(56)47-23-17-14-18-24-47/h13-40H,1-12H3. The topological polar surface area (TPSA) is 13.1 Å². The van der Waals surface area contributed by atoms with Crippen LogP contribution in [0, 0.1) is 0 Å². The second kappa shape index (κ2) is 15.2. The van der Waals surface area contributed by atoms with E-state index >= 15 is 0 Å². The van der Waals surface area contributed by atoms with E-state index < -0.39 is 0 Å². The van der Waals surface area contributed by atoms with Gasteiger partial charge in [0.2, 0.25) is 0 Å². The Hall–Kier alpha value is -7.04. The van der Waals surface area contributed by atoms with Gasteiger partial charge in [0.05, 0.1) is 11.0 Å². The van der Waals surface area contributed by atoms with E-state index in [1.165, 1.54) is 122 Å². The van der Waals surface area contributed by atoms with Crippen molar-refractivity contribution in [2.45, 2.75) is 105 Å². The van der Waals surface area contributed by atoms with Crippen LogP contribution >= 0.6 is 0 Å². The van der Waals surface area contributed by atoms with Crippen LogP contribution in [0.4, 0.5) is 17.1 Å². The maximum atomic E-state index is 2.78. The highest BCUT2D eigenvalue weighted by molar-refractivity contribution is 6.90. The highest BCUT2D eigenvalue weighted by atomic mass is 15.2. The molecule has 0 radical (unpaired) electrons. The molecule has 0 spiro atoms. The minimum absolute atomic E-state index is 0.0413. The number of hydrogen-bond acceptors (Lipinski definition) is 1. The number of para-hydroxylation sites is 2. The molecule has 8 aromatic carbocycles. The minimum Gasteiger partial charge on any atom is -0.375 e. The average Bonchev–Trinajstić information content (AvgIpc) is 3.85. The third-order valence-electron chi connectivity index (χ3n) is 15.5. The molecule has 0 fully saturated rings. The van der Waals surface area contributed by atoms with Crippen molar-refractivity contribution in [2.24, 2.45) is 0 Å². The number of anilines is 3. The Kier molecular flexibility index (Phi) is 9.62. The molecular weight excluding hydrogens is 846 g/mol. The van der Waals surface area contributed by atoms with E-state index in [0.717, 1.165) is 0 Å². The summed E-state index contributed by atoms with van der Waals surface area (Å²) < 4.78 is 5.21. The van der Waals surface area contributed by atoms with Crippen LogP contribution in [0.5, 0.6) is 0 Å². The Morgan fingerprint density at radius 1 is 0.386 bits per heavy atom. The molecule has 0 saturated carbocycles. The van der Waals surface area contributed by atoms with Gasteiger partial charge in [-0.2, -0.15) is 0 Å². The first-order valence-corrected chi connectivity index (χ1v) is 25.4. The Bertz CT molecular complexity index is 3730. The molecule has 4 heterocycles. The van der Waals surface area contributed by atoms with Gasteiger partial charge in [-0.1, -0.05) is 186 Å². The van der Waals surface area contributed by atoms with E-state index in [2.05, 4.69) is 267 Å². The fourth-order valence-corrected chi connectivity index (χ4v) is 11.6. The van der Waals surface area contributed by atoms with E-state index in [0.29, 0.717) is 0 Å². The zero-order valence-corrected chi connectivity index (χ0v) is 43.1. The van der Waals surface area contributed by atoms with E-state index in [1.807, 2.05) is 0 Å².